The van der Waals surface area contributed by atoms with Gasteiger partial charge in [-0.25, -0.2) is 0 Å². The number of rotatable bonds is 2. The van der Waals surface area contributed by atoms with E-state index in [-0.39, 0.29) is 18.0 Å². The fourth-order valence-corrected chi connectivity index (χ4v) is 6.04. The second-order valence-electron chi connectivity index (χ2n) is 8.95. The molecule has 0 aliphatic heterocycles. The van der Waals surface area contributed by atoms with Crippen LogP contribution >= 0.6 is 31.9 Å². The molecule has 0 unspecified atom stereocenters. The van der Waals surface area contributed by atoms with Gasteiger partial charge < -0.3 is 4.98 Å². The van der Waals surface area contributed by atoms with E-state index in [1.54, 1.807) is 12.1 Å². The van der Waals surface area contributed by atoms with Gasteiger partial charge in [-0.05, 0) is 73.4 Å². The van der Waals surface area contributed by atoms with Crippen molar-refractivity contribution < 1.29 is 4.92 Å². The maximum absolute atomic E-state index is 11.2. The van der Waals surface area contributed by atoms with Crippen molar-refractivity contribution in [3.05, 3.63) is 134 Å². The molecule has 0 aliphatic rings. The number of benzene rings is 6. The van der Waals surface area contributed by atoms with Gasteiger partial charge in [-0.1, -0.05) is 102 Å². The van der Waals surface area contributed by atoms with Crippen LogP contribution in [-0.4, -0.2) is 9.91 Å². The number of para-hydroxylation sites is 2. The Kier molecular flexibility index (Phi) is 7.51. The Morgan fingerprint density at radius 3 is 1.97 bits per heavy atom. The molecule has 0 saturated heterocycles. The average Bonchev–Trinajstić information content (AvgIpc) is 3.34. The molecule has 1 aromatic heterocycles. The highest BCUT2D eigenvalue weighted by Gasteiger charge is 2.16. The number of nitro benzene ring substituents is 1. The number of nitro groups is 1. The zero-order valence-corrected chi connectivity index (χ0v) is 23.2. The monoisotopic (exact) mass is 638 g/mol. The molecular formula is C33H24Br2N2O2. The standard InChI is InChI=1S/C16H10BrNO2.C16H10BrN.CH4/c17-12-9-11-5-1-2-6-13(11)15(10-12)14-7-3-4-8-16(14)18(19)20;17-13-9-10-5-1-2-6-11(10)15-12-7-3-4-8-14(12)18-16(13)15;/h1-10H;1-9,18H;1H4. The summed E-state index contributed by atoms with van der Waals surface area (Å²) in [5, 5.41) is 18.4. The largest absolute Gasteiger partial charge is 0.354 e. The van der Waals surface area contributed by atoms with Crippen LogP contribution in [0.1, 0.15) is 7.43 Å². The highest BCUT2D eigenvalue weighted by molar-refractivity contribution is 9.11. The lowest BCUT2D eigenvalue weighted by atomic mass is 9.97. The molecule has 1 heterocycles. The topological polar surface area (TPSA) is 58.9 Å². The summed E-state index contributed by atoms with van der Waals surface area (Å²) in [5.74, 6) is 0. The number of nitrogens with one attached hydrogen (secondary N) is 1. The summed E-state index contributed by atoms with van der Waals surface area (Å²) < 4.78 is 2.02. The Labute approximate surface area is 242 Å². The molecule has 192 valence electrons. The van der Waals surface area contributed by atoms with Crippen molar-refractivity contribution in [3.8, 4) is 11.1 Å². The number of hydrogen-bond acceptors (Lipinski definition) is 2. The molecular weight excluding hydrogens is 616 g/mol. The third kappa shape index (κ3) is 4.93. The van der Waals surface area contributed by atoms with Crippen LogP contribution in [0.3, 0.4) is 0 Å². The van der Waals surface area contributed by atoms with Crippen molar-refractivity contribution in [1.82, 2.24) is 4.98 Å². The zero-order valence-electron chi connectivity index (χ0n) is 20.0. The molecule has 7 rings (SSSR count). The summed E-state index contributed by atoms with van der Waals surface area (Å²) in [6.45, 7) is 0. The van der Waals surface area contributed by atoms with Crippen LogP contribution in [0.2, 0.25) is 0 Å². The Balaban J connectivity index is 0.000000155. The first-order valence-electron chi connectivity index (χ1n) is 12.0. The van der Waals surface area contributed by atoms with Gasteiger partial charge >= 0.3 is 0 Å². The van der Waals surface area contributed by atoms with Crippen LogP contribution in [0, 0.1) is 10.1 Å². The number of aromatic amines is 1. The van der Waals surface area contributed by atoms with E-state index in [0.717, 1.165) is 25.3 Å². The van der Waals surface area contributed by atoms with Crippen LogP contribution < -0.4 is 0 Å². The molecule has 6 aromatic carbocycles. The highest BCUT2D eigenvalue weighted by atomic mass is 79.9. The van der Waals surface area contributed by atoms with Crippen LogP contribution in [-0.2, 0) is 0 Å². The summed E-state index contributed by atoms with van der Waals surface area (Å²) in [4.78, 5) is 14.4. The summed E-state index contributed by atoms with van der Waals surface area (Å²) in [7, 11) is 0. The normalized spacial score (nSPS) is 10.8. The van der Waals surface area contributed by atoms with Crippen molar-refractivity contribution in [2.24, 2.45) is 0 Å². The molecule has 7 aromatic rings. The second-order valence-corrected chi connectivity index (χ2v) is 10.7. The molecule has 0 spiro atoms. The van der Waals surface area contributed by atoms with Gasteiger partial charge in [-0.2, -0.15) is 0 Å². The van der Waals surface area contributed by atoms with Gasteiger partial charge in [0.15, 0.2) is 0 Å². The lowest BCUT2D eigenvalue weighted by molar-refractivity contribution is -0.384. The van der Waals surface area contributed by atoms with E-state index in [1.807, 2.05) is 42.5 Å². The third-order valence-corrected chi connectivity index (χ3v) is 7.76. The van der Waals surface area contributed by atoms with E-state index in [2.05, 4.69) is 91.4 Å². The Bertz CT molecular complexity index is 2000. The van der Waals surface area contributed by atoms with Crippen LogP contribution in [0.4, 0.5) is 5.69 Å². The van der Waals surface area contributed by atoms with Gasteiger partial charge in [0.2, 0.25) is 0 Å². The van der Waals surface area contributed by atoms with Crippen molar-refractivity contribution in [1.29, 1.82) is 0 Å². The molecule has 1 N–H and O–H groups in total. The molecule has 0 aliphatic carbocycles. The minimum absolute atomic E-state index is 0. The van der Waals surface area contributed by atoms with Gasteiger partial charge in [0.05, 0.1) is 16.0 Å². The zero-order chi connectivity index (χ0) is 26.2. The van der Waals surface area contributed by atoms with Crippen molar-refractivity contribution in [3.63, 3.8) is 0 Å². The predicted molar refractivity (Wildman–Crippen MR) is 171 cm³/mol. The fourth-order valence-electron chi connectivity index (χ4n) is 5.02. The number of aromatic nitrogens is 1. The Morgan fingerprint density at radius 2 is 1.23 bits per heavy atom. The van der Waals surface area contributed by atoms with E-state index in [0.29, 0.717) is 5.56 Å². The van der Waals surface area contributed by atoms with Crippen molar-refractivity contribution >= 4 is 80.9 Å². The minimum atomic E-state index is -0.342. The third-order valence-electron chi connectivity index (χ3n) is 6.67. The number of nitrogens with zero attached hydrogens (tertiary/aromatic N) is 1. The summed E-state index contributed by atoms with van der Waals surface area (Å²) in [6, 6.07) is 37.8. The van der Waals surface area contributed by atoms with Gasteiger partial charge in [0, 0.05) is 31.3 Å². The van der Waals surface area contributed by atoms with E-state index in [4.69, 9.17) is 0 Å². The number of fused-ring (bicyclic) bond motifs is 6. The van der Waals surface area contributed by atoms with Crippen LogP contribution in [0.25, 0.3) is 54.5 Å². The van der Waals surface area contributed by atoms with Crippen molar-refractivity contribution in [2.75, 3.05) is 0 Å². The summed E-state index contributed by atoms with van der Waals surface area (Å²) >= 11 is 7.14. The Morgan fingerprint density at radius 1 is 0.641 bits per heavy atom. The highest BCUT2D eigenvalue weighted by Crippen LogP contribution is 2.38. The molecule has 0 radical (unpaired) electrons. The molecule has 0 atom stereocenters. The molecule has 4 nitrogen and oxygen atoms in total. The number of H-pyrrole nitrogens is 1. The molecule has 0 fully saturated rings. The number of halogens is 2. The lowest BCUT2D eigenvalue weighted by Gasteiger charge is -2.08. The maximum atomic E-state index is 11.2. The molecule has 0 amide bonds. The first kappa shape index (κ1) is 26.6. The first-order chi connectivity index (χ1) is 18.5. The van der Waals surface area contributed by atoms with Crippen LogP contribution in [0.15, 0.2) is 124 Å². The first-order valence-corrected chi connectivity index (χ1v) is 13.6. The quantitative estimate of drug-likeness (QED) is 0.151. The fraction of sp³-hybridized carbons (Fsp3) is 0.0303. The Hall–Kier alpha value is -4.00. The van der Waals surface area contributed by atoms with Gasteiger partial charge in [0.25, 0.3) is 5.69 Å². The molecule has 0 bridgehead atoms. The van der Waals surface area contributed by atoms with Gasteiger partial charge in [-0.3, -0.25) is 10.1 Å². The molecule has 39 heavy (non-hydrogen) atoms. The SMILES string of the molecule is Brc1cc2ccccc2c2c1[nH]c1ccccc12.C.O=[N+]([O-])c1ccccc1-c1cc(Br)cc2ccccc12. The average molecular weight is 640 g/mol. The summed E-state index contributed by atoms with van der Waals surface area (Å²) in [6.07, 6.45) is 0. The van der Waals surface area contributed by atoms with E-state index in [9.17, 15) is 10.1 Å². The number of hydrogen-bond donors (Lipinski definition) is 1. The predicted octanol–water partition coefficient (Wildman–Crippen LogP) is 11.1. The van der Waals surface area contributed by atoms with Crippen molar-refractivity contribution in [2.45, 2.75) is 7.43 Å². The molecule has 6 heteroatoms. The van der Waals surface area contributed by atoms with E-state index >= 15 is 0 Å². The van der Waals surface area contributed by atoms with Crippen LogP contribution in [0.5, 0.6) is 0 Å². The maximum Gasteiger partial charge on any atom is 0.277 e. The van der Waals surface area contributed by atoms with E-state index < -0.39 is 0 Å². The molecule has 0 saturated carbocycles. The minimum Gasteiger partial charge on any atom is -0.354 e. The van der Waals surface area contributed by atoms with E-state index in [1.165, 1.54) is 38.6 Å². The second kappa shape index (κ2) is 11.0. The lowest BCUT2D eigenvalue weighted by Crippen LogP contribution is -1.92. The van der Waals surface area contributed by atoms with Gasteiger partial charge in [0.1, 0.15) is 0 Å². The van der Waals surface area contributed by atoms with Gasteiger partial charge in [-0.15, -0.1) is 0 Å². The summed E-state index contributed by atoms with van der Waals surface area (Å²) in [5.41, 5.74) is 3.98. The smallest absolute Gasteiger partial charge is 0.277 e.